The summed E-state index contributed by atoms with van der Waals surface area (Å²) in [5.74, 6) is -1.45. The molecule has 1 aliphatic heterocycles. The van der Waals surface area contributed by atoms with Crippen LogP contribution < -0.4 is 4.74 Å². The first-order valence-corrected chi connectivity index (χ1v) is 9.83. The smallest absolute Gasteiger partial charge is 0.308 e. The number of nitrogens with zero attached hydrogens (tertiary/aromatic N) is 3. The molecule has 1 N–H and O–H groups in total. The predicted molar refractivity (Wildman–Crippen MR) is 101 cm³/mol. The maximum absolute atomic E-state index is 12.6. The molecule has 28 heavy (non-hydrogen) atoms. The number of aromatic nitrogens is 1. The lowest BCUT2D eigenvalue weighted by Crippen LogP contribution is -2.46. The summed E-state index contributed by atoms with van der Waals surface area (Å²) in [6, 6.07) is 3.34. The Morgan fingerprint density at radius 3 is 2.61 bits per heavy atom. The molecule has 1 atom stereocenters. The lowest BCUT2D eigenvalue weighted by atomic mass is 9.98. The second kappa shape index (κ2) is 9.03. The number of carbonyl (C=O) groups excluding carboxylic acids is 2. The summed E-state index contributed by atoms with van der Waals surface area (Å²) >= 11 is 0. The van der Waals surface area contributed by atoms with Crippen LogP contribution >= 0.6 is 0 Å². The maximum Gasteiger partial charge on any atom is 0.308 e. The van der Waals surface area contributed by atoms with Crippen LogP contribution in [0.1, 0.15) is 48.9 Å². The van der Waals surface area contributed by atoms with E-state index in [2.05, 4.69) is 4.98 Å². The highest BCUT2D eigenvalue weighted by Gasteiger charge is 2.29. The number of carbonyl (C=O) groups is 3. The Bertz CT molecular complexity index is 715. The van der Waals surface area contributed by atoms with Crippen LogP contribution in [-0.2, 0) is 9.59 Å². The molecule has 0 radical (unpaired) electrons. The monoisotopic (exact) mass is 389 g/mol. The second-order valence-electron chi connectivity index (χ2n) is 7.59. The summed E-state index contributed by atoms with van der Waals surface area (Å²) in [6.07, 6.45) is 7.32. The average Bonchev–Trinajstić information content (AvgIpc) is 3.21. The summed E-state index contributed by atoms with van der Waals surface area (Å²) in [6.45, 7) is 0.635. The highest BCUT2D eigenvalue weighted by atomic mass is 16.5. The number of piperidine rings is 1. The van der Waals surface area contributed by atoms with E-state index in [1.165, 1.54) is 28.8 Å². The summed E-state index contributed by atoms with van der Waals surface area (Å²) in [7, 11) is 1.56. The van der Waals surface area contributed by atoms with Gasteiger partial charge in [0.15, 0.2) is 0 Å². The third-order valence-corrected chi connectivity index (χ3v) is 5.42. The molecule has 1 saturated heterocycles. The highest BCUT2D eigenvalue weighted by molar-refractivity contribution is 5.96. The van der Waals surface area contributed by atoms with Gasteiger partial charge in [-0.15, -0.1) is 0 Å². The van der Waals surface area contributed by atoms with Gasteiger partial charge in [-0.05, 0) is 44.6 Å². The Labute approximate surface area is 164 Å². The molecule has 0 spiro atoms. The third kappa shape index (κ3) is 4.99. The van der Waals surface area contributed by atoms with E-state index in [0.717, 1.165) is 12.8 Å². The number of carboxylic acids is 1. The van der Waals surface area contributed by atoms with Crippen LogP contribution in [-0.4, -0.2) is 70.5 Å². The summed E-state index contributed by atoms with van der Waals surface area (Å²) in [5, 5.41) is 9.15. The minimum atomic E-state index is -0.882. The van der Waals surface area contributed by atoms with Crippen molar-refractivity contribution in [3.63, 3.8) is 0 Å². The molecule has 3 rings (SSSR count). The van der Waals surface area contributed by atoms with Gasteiger partial charge in [0.2, 0.25) is 11.8 Å². The largest absolute Gasteiger partial charge is 0.481 e. The number of ether oxygens (including phenoxy) is 1. The fraction of sp³-hybridized carbons (Fsp3) is 0.600. The summed E-state index contributed by atoms with van der Waals surface area (Å²) in [5.41, 5.74) is 0.385. The molecular weight excluding hydrogens is 362 g/mol. The first kappa shape index (κ1) is 20.1. The van der Waals surface area contributed by atoms with Crippen molar-refractivity contribution in [3.8, 4) is 5.88 Å². The molecule has 1 aromatic heterocycles. The lowest BCUT2D eigenvalue weighted by molar-refractivity contribution is -0.145. The van der Waals surface area contributed by atoms with Crippen LogP contribution in [0.4, 0.5) is 0 Å². The number of rotatable bonds is 6. The molecule has 2 aliphatic rings. The number of pyridine rings is 1. The van der Waals surface area contributed by atoms with E-state index in [1.54, 1.807) is 19.2 Å². The standard InChI is InChI=1S/C20H27N3O5/c1-22(13-18(24)23-10-4-5-15(12-23)20(26)27)19(25)14-8-9-17(21-11-14)28-16-6-2-3-7-16/h8-9,11,15-16H,2-7,10,12-13H2,1H3,(H,26,27). The molecule has 2 amide bonds. The Morgan fingerprint density at radius 1 is 1.21 bits per heavy atom. The van der Waals surface area contributed by atoms with E-state index in [-0.39, 0.29) is 31.0 Å². The number of likely N-dealkylation sites (N-methyl/N-ethyl adjacent to an activating group) is 1. The van der Waals surface area contributed by atoms with Gasteiger partial charge >= 0.3 is 5.97 Å². The molecular formula is C20H27N3O5. The van der Waals surface area contributed by atoms with Gasteiger partial charge in [-0.1, -0.05) is 0 Å². The molecule has 2 fully saturated rings. The van der Waals surface area contributed by atoms with Gasteiger partial charge < -0.3 is 19.6 Å². The van der Waals surface area contributed by atoms with Gasteiger partial charge in [0.1, 0.15) is 6.10 Å². The van der Waals surface area contributed by atoms with Crippen LogP contribution in [0.2, 0.25) is 0 Å². The van der Waals surface area contributed by atoms with Crippen molar-refractivity contribution < 1.29 is 24.2 Å². The quantitative estimate of drug-likeness (QED) is 0.796. The van der Waals surface area contributed by atoms with Crippen molar-refractivity contribution in [2.45, 2.75) is 44.6 Å². The number of hydrogen-bond acceptors (Lipinski definition) is 5. The van der Waals surface area contributed by atoms with Crippen molar-refractivity contribution in [2.24, 2.45) is 5.92 Å². The van der Waals surface area contributed by atoms with Crippen LogP contribution in [0.25, 0.3) is 0 Å². The van der Waals surface area contributed by atoms with Gasteiger partial charge in [0.25, 0.3) is 5.91 Å². The van der Waals surface area contributed by atoms with Crippen LogP contribution in [0.3, 0.4) is 0 Å². The summed E-state index contributed by atoms with van der Waals surface area (Å²) < 4.78 is 5.80. The van der Waals surface area contributed by atoms with Gasteiger partial charge in [0, 0.05) is 32.4 Å². The van der Waals surface area contributed by atoms with Crippen LogP contribution in [0.5, 0.6) is 5.88 Å². The van der Waals surface area contributed by atoms with Gasteiger partial charge in [-0.2, -0.15) is 0 Å². The van der Waals surface area contributed by atoms with Crippen LogP contribution in [0, 0.1) is 5.92 Å². The van der Waals surface area contributed by atoms with E-state index in [9.17, 15) is 14.4 Å². The van der Waals surface area contributed by atoms with Crippen molar-refractivity contribution in [2.75, 3.05) is 26.7 Å². The van der Waals surface area contributed by atoms with Crippen molar-refractivity contribution in [1.82, 2.24) is 14.8 Å². The molecule has 1 unspecified atom stereocenters. The molecule has 1 aliphatic carbocycles. The molecule has 0 aromatic carbocycles. The van der Waals surface area contributed by atoms with Gasteiger partial charge in [0.05, 0.1) is 18.0 Å². The topological polar surface area (TPSA) is 100 Å². The average molecular weight is 389 g/mol. The van der Waals surface area contributed by atoms with E-state index >= 15 is 0 Å². The maximum atomic E-state index is 12.6. The Morgan fingerprint density at radius 2 is 1.96 bits per heavy atom. The zero-order valence-corrected chi connectivity index (χ0v) is 16.2. The second-order valence-corrected chi connectivity index (χ2v) is 7.59. The Kier molecular flexibility index (Phi) is 6.49. The number of carboxylic acid groups (broad SMARTS) is 1. The van der Waals surface area contributed by atoms with E-state index in [0.29, 0.717) is 30.8 Å². The molecule has 8 nitrogen and oxygen atoms in total. The zero-order valence-electron chi connectivity index (χ0n) is 16.2. The number of likely N-dealkylation sites (tertiary alicyclic amines) is 1. The SMILES string of the molecule is CN(CC(=O)N1CCCC(C(=O)O)C1)C(=O)c1ccc(OC2CCCC2)nc1. The van der Waals surface area contributed by atoms with Gasteiger partial charge in [-0.3, -0.25) is 14.4 Å². The number of amides is 2. The van der Waals surface area contributed by atoms with Crippen molar-refractivity contribution in [1.29, 1.82) is 0 Å². The molecule has 1 aromatic rings. The van der Waals surface area contributed by atoms with Crippen LogP contribution in [0.15, 0.2) is 18.3 Å². The fourth-order valence-corrected chi connectivity index (χ4v) is 3.75. The molecule has 8 heteroatoms. The van der Waals surface area contributed by atoms with E-state index in [1.807, 2.05) is 0 Å². The van der Waals surface area contributed by atoms with Crippen molar-refractivity contribution in [3.05, 3.63) is 23.9 Å². The first-order valence-electron chi connectivity index (χ1n) is 9.83. The number of hydrogen-bond donors (Lipinski definition) is 1. The van der Waals surface area contributed by atoms with E-state index in [4.69, 9.17) is 9.84 Å². The molecule has 152 valence electrons. The number of aliphatic carboxylic acids is 1. The Hall–Kier alpha value is -2.64. The molecule has 1 saturated carbocycles. The normalized spacial score (nSPS) is 20.0. The van der Waals surface area contributed by atoms with Crippen molar-refractivity contribution >= 4 is 17.8 Å². The highest BCUT2D eigenvalue weighted by Crippen LogP contribution is 2.23. The fourth-order valence-electron chi connectivity index (χ4n) is 3.75. The predicted octanol–water partition coefficient (Wildman–Crippen LogP) is 1.80. The molecule has 2 heterocycles. The first-order chi connectivity index (χ1) is 13.4. The van der Waals surface area contributed by atoms with Gasteiger partial charge in [-0.25, -0.2) is 4.98 Å². The minimum absolute atomic E-state index is 0.0918. The third-order valence-electron chi connectivity index (χ3n) is 5.42. The lowest BCUT2D eigenvalue weighted by Gasteiger charge is -2.32. The van der Waals surface area contributed by atoms with E-state index < -0.39 is 11.9 Å². The zero-order chi connectivity index (χ0) is 20.1. The Balaban J connectivity index is 1.53. The molecule has 0 bridgehead atoms. The summed E-state index contributed by atoms with van der Waals surface area (Å²) in [4.78, 5) is 43.3. The minimum Gasteiger partial charge on any atom is -0.481 e.